The highest BCUT2D eigenvalue weighted by Gasteiger charge is 2.07. The molecule has 0 aromatic heterocycles. The van der Waals surface area contributed by atoms with Crippen LogP contribution >= 0.6 is 0 Å². The van der Waals surface area contributed by atoms with Crippen molar-refractivity contribution < 1.29 is 38.9 Å². The quantitative estimate of drug-likeness (QED) is 0.445. The summed E-state index contributed by atoms with van der Waals surface area (Å²) in [6, 6.07) is 13.9. The number of carbonyl (C=O) groups is 4. The van der Waals surface area contributed by atoms with Crippen molar-refractivity contribution in [2.24, 2.45) is 11.5 Å². The first-order valence-electron chi connectivity index (χ1n) is 9.31. The predicted octanol–water partition coefficient (Wildman–Crippen LogP) is 2.08. The third kappa shape index (κ3) is 11.6. The van der Waals surface area contributed by atoms with Gasteiger partial charge in [-0.1, -0.05) is 24.3 Å². The van der Waals surface area contributed by atoms with Crippen LogP contribution in [0.15, 0.2) is 60.7 Å². The number of carboxylic acids is 2. The fourth-order valence-corrected chi connectivity index (χ4v) is 2.05. The van der Waals surface area contributed by atoms with Crippen LogP contribution in [0.25, 0.3) is 0 Å². The van der Waals surface area contributed by atoms with Gasteiger partial charge in [-0.15, -0.1) is 0 Å². The van der Waals surface area contributed by atoms with E-state index in [4.69, 9.17) is 31.2 Å². The van der Waals surface area contributed by atoms with E-state index in [2.05, 4.69) is 0 Å². The van der Waals surface area contributed by atoms with Crippen molar-refractivity contribution in [3.05, 3.63) is 71.8 Å². The highest BCUT2D eigenvalue weighted by molar-refractivity contribution is 5.96. The van der Waals surface area contributed by atoms with E-state index in [1.807, 2.05) is 13.8 Å². The van der Waals surface area contributed by atoms with Gasteiger partial charge >= 0.3 is 11.9 Å². The molecule has 0 aliphatic rings. The zero-order chi connectivity index (χ0) is 24.5. The van der Waals surface area contributed by atoms with Gasteiger partial charge in [-0.05, 0) is 38.1 Å². The summed E-state index contributed by atoms with van der Waals surface area (Å²) in [7, 11) is 0. The van der Waals surface area contributed by atoms with E-state index in [9.17, 15) is 19.2 Å². The van der Waals surface area contributed by atoms with Gasteiger partial charge in [0, 0.05) is 12.2 Å². The molecule has 6 N–H and O–H groups in total. The number of ether oxygens (including phenoxy) is 2. The second kappa shape index (κ2) is 15.5. The molecule has 0 bridgehead atoms. The van der Waals surface area contributed by atoms with Gasteiger partial charge in [0.05, 0.1) is 24.3 Å². The van der Waals surface area contributed by atoms with E-state index in [1.165, 1.54) is 0 Å². The Morgan fingerprint density at radius 3 is 1.28 bits per heavy atom. The number of primary amides is 2. The molecule has 0 heterocycles. The Hall–Kier alpha value is -4.34. The Morgan fingerprint density at radius 1 is 0.719 bits per heavy atom. The number of rotatable bonds is 8. The maximum atomic E-state index is 10.8. The van der Waals surface area contributed by atoms with Crippen LogP contribution in [-0.2, 0) is 9.59 Å². The van der Waals surface area contributed by atoms with E-state index in [-0.39, 0.29) is 0 Å². The zero-order valence-electron chi connectivity index (χ0n) is 17.7. The van der Waals surface area contributed by atoms with Gasteiger partial charge in [-0.2, -0.15) is 0 Å². The zero-order valence-corrected chi connectivity index (χ0v) is 17.7. The molecule has 10 heteroatoms. The van der Waals surface area contributed by atoms with Crippen LogP contribution in [0.5, 0.6) is 11.5 Å². The lowest BCUT2D eigenvalue weighted by Gasteiger charge is -2.05. The number of benzene rings is 2. The first-order chi connectivity index (χ1) is 15.1. The number of hydrogen-bond acceptors (Lipinski definition) is 6. The maximum Gasteiger partial charge on any atom is 0.328 e. The number of hydrogen-bond donors (Lipinski definition) is 4. The van der Waals surface area contributed by atoms with Crippen molar-refractivity contribution >= 4 is 23.8 Å². The number of amides is 2. The predicted molar refractivity (Wildman–Crippen MR) is 117 cm³/mol. The second-order valence-corrected chi connectivity index (χ2v) is 5.60. The van der Waals surface area contributed by atoms with Gasteiger partial charge in [-0.3, -0.25) is 9.59 Å². The van der Waals surface area contributed by atoms with E-state index in [0.29, 0.717) is 48.0 Å². The van der Waals surface area contributed by atoms with E-state index in [0.717, 1.165) is 0 Å². The van der Waals surface area contributed by atoms with Crippen LogP contribution in [0, 0.1) is 0 Å². The fourth-order valence-electron chi connectivity index (χ4n) is 2.05. The van der Waals surface area contributed by atoms with Crippen LogP contribution in [-0.4, -0.2) is 47.2 Å². The summed E-state index contributed by atoms with van der Waals surface area (Å²) in [5, 5.41) is 15.6. The van der Waals surface area contributed by atoms with Crippen LogP contribution in [0.2, 0.25) is 0 Å². The number of carboxylic acid groups (broad SMARTS) is 2. The number of carbonyl (C=O) groups excluding carboxylic acids is 2. The van der Waals surface area contributed by atoms with Crippen LogP contribution < -0.4 is 20.9 Å². The molecule has 0 radical (unpaired) electrons. The second-order valence-electron chi connectivity index (χ2n) is 5.60. The molecule has 2 aromatic carbocycles. The van der Waals surface area contributed by atoms with Gasteiger partial charge in [0.2, 0.25) is 0 Å². The van der Waals surface area contributed by atoms with Crippen molar-refractivity contribution in [3.8, 4) is 11.5 Å². The molecule has 0 aliphatic heterocycles. The number of aliphatic carboxylic acids is 2. The third-order valence-electron chi connectivity index (χ3n) is 3.27. The summed E-state index contributed by atoms with van der Waals surface area (Å²) in [4.78, 5) is 40.8. The molecule has 0 aliphatic carbocycles. The van der Waals surface area contributed by atoms with Crippen LogP contribution in [0.3, 0.4) is 0 Å². The summed E-state index contributed by atoms with van der Waals surface area (Å²) in [5.41, 5.74) is 11.1. The van der Waals surface area contributed by atoms with Crippen molar-refractivity contribution in [1.82, 2.24) is 0 Å². The minimum absolute atomic E-state index is 0.430. The maximum absolute atomic E-state index is 10.8. The lowest BCUT2D eigenvalue weighted by atomic mass is 10.2. The average molecular weight is 446 g/mol. The Labute approximate surface area is 185 Å². The summed E-state index contributed by atoms with van der Waals surface area (Å²) < 4.78 is 10.4. The normalized spacial score (nSPS) is 9.44. The fraction of sp³-hybridized carbons (Fsp3) is 0.182. The SMILES string of the molecule is CCOc1ccccc1C(N)=O.CCOc1ccccc1C(N)=O.O=C(O)/C=C/C(=O)O. The van der Waals surface area contributed by atoms with Crippen molar-refractivity contribution in [2.45, 2.75) is 13.8 Å². The molecule has 10 nitrogen and oxygen atoms in total. The Bertz CT molecular complexity index is 866. The van der Waals surface area contributed by atoms with E-state index in [1.54, 1.807) is 48.5 Å². The summed E-state index contributed by atoms with van der Waals surface area (Å²) in [6.07, 6.45) is 1.12. The van der Waals surface area contributed by atoms with Gasteiger partial charge in [0.25, 0.3) is 11.8 Å². The molecular formula is C22H26N2O8. The van der Waals surface area contributed by atoms with Gasteiger partial charge in [-0.25, -0.2) is 9.59 Å². The number of nitrogens with two attached hydrogens (primary N) is 2. The minimum atomic E-state index is -1.26. The molecule has 172 valence electrons. The minimum Gasteiger partial charge on any atom is -0.493 e. The summed E-state index contributed by atoms with van der Waals surface area (Å²) in [5.74, 6) is -2.34. The standard InChI is InChI=1S/2C9H11NO2.C4H4O4/c2*1-2-12-8-6-4-3-5-7(8)9(10)11;5-3(6)1-2-4(7)8/h2*3-6H,2H2,1H3,(H2,10,11);1-2H,(H,5,6)(H,7,8)/b;;2-1+. The molecule has 0 saturated carbocycles. The summed E-state index contributed by atoms with van der Waals surface area (Å²) >= 11 is 0. The molecular weight excluding hydrogens is 420 g/mol. The molecule has 0 atom stereocenters. The molecule has 0 spiro atoms. The van der Waals surface area contributed by atoms with Crippen LogP contribution in [0.4, 0.5) is 0 Å². The van der Waals surface area contributed by atoms with E-state index >= 15 is 0 Å². The largest absolute Gasteiger partial charge is 0.493 e. The van der Waals surface area contributed by atoms with Gasteiger partial charge in [0.1, 0.15) is 11.5 Å². The number of para-hydroxylation sites is 2. The lowest BCUT2D eigenvalue weighted by molar-refractivity contribution is -0.134. The monoisotopic (exact) mass is 446 g/mol. The molecule has 2 amide bonds. The average Bonchev–Trinajstić information content (AvgIpc) is 2.74. The smallest absolute Gasteiger partial charge is 0.328 e. The molecule has 0 saturated heterocycles. The van der Waals surface area contributed by atoms with Crippen molar-refractivity contribution in [2.75, 3.05) is 13.2 Å². The Morgan fingerprint density at radius 2 is 1.03 bits per heavy atom. The molecule has 2 aromatic rings. The molecule has 32 heavy (non-hydrogen) atoms. The van der Waals surface area contributed by atoms with Crippen LogP contribution in [0.1, 0.15) is 34.6 Å². The topological polar surface area (TPSA) is 179 Å². The molecule has 0 fully saturated rings. The first-order valence-corrected chi connectivity index (χ1v) is 9.31. The third-order valence-corrected chi connectivity index (χ3v) is 3.27. The first kappa shape index (κ1) is 27.7. The lowest BCUT2D eigenvalue weighted by Crippen LogP contribution is -2.12. The van der Waals surface area contributed by atoms with Gasteiger partial charge in [0.15, 0.2) is 0 Å². The Kier molecular flexibility index (Phi) is 13.4. The van der Waals surface area contributed by atoms with Gasteiger partial charge < -0.3 is 31.2 Å². The highest BCUT2D eigenvalue weighted by Crippen LogP contribution is 2.17. The highest BCUT2D eigenvalue weighted by atomic mass is 16.5. The molecule has 2 rings (SSSR count). The van der Waals surface area contributed by atoms with Crippen molar-refractivity contribution in [3.63, 3.8) is 0 Å². The molecule has 0 unspecified atom stereocenters. The summed E-state index contributed by atoms with van der Waals surface area (Å²) in [6.45, 7) is 4.78. The van der Waals surface area contributed by atoms with E-state index < -0.39 is 23.8 Å². The van der Waals surface area contributed by atoms with Crippen molar-refractivity contribution in [1.29, 1.82) is 0 Å². The Balaban J connectivity index is 0.000000462.